The molecule has 44 valence electrons. The number of aliphatic carboxylic acids is 1. The van der Waals surface area contributed by atoms with E-state index in [4.69, 9.17) is 28.3 Å². The average molecular weight is 153 g/mol. The maximum Gasteiger partial charge on any atom is 0.336 e. The third kappa shape index (κ3) is 5.57. The molecule has 0 aromatic rings. The molecule has 0 spiro atoms. The molecule has 0 radical (unpaired) electrons. The normalized spacial score (nSPS) is 7.25. The second kappa shape index (κ2) is 3.56. The Morgan fingerprint density at radius 2 is 2.12 bits per heavy atom. The van der Waals surface area contributed by atoms with E-state index in [9.17, 15) is 4.79 Å². The van der Waals surface area contributed by atoms with Gasteiger partial charge < -0.3 is 5.11 Å². The molecule has 8 heavy (non-hydrogen) atoms. The highest BCUT2D eigenvalue weighted by molar-refractivity contribution is 6.55. The molecule has 0 saturated carbocycles. The minimum absolute atomic E-state index is 0.188. The number of carbonyl (C=O) groups is 1. The van der Waals surface area contributed by atoms with Crippen LogP contribution >= 0.6 is 23.2 Å². The largest absolute Gasteiger partial charge is 0.478 e. The van der Waals surface area contributed by atoms with E-state index in [2.05, 4.69) is 5.73 Å². The van der Waals surface area contributed by atoms with Gasteiger partial charge in [-0.3, -0.25) is 0 Å². The Morgan fingerprint density at radius 3 is 2.25 bits per heavy atom. The van der Waals surface area contributed by atoms with Crippen molar-refractivity contribution >= 4 is 29.2 Å². The fourth-order valence-electron chi connectivity index (χ4n) is 0.116. The fourth-order valence-corrected chi connectivity index (χ4v) is 0.225. The van der Waals surface area contributed by atoms with Crippen LogP contribution in [0, 0.1) is 0 Å². The van der Waals surface area contributed by atoms with Gasteiger partial charge in [0.25, 0.3) is 0 Å². The molecule has 0 rings (SSSR count). The van der Waals surface area contributed by atoms with Gasteiger partial charge in [0, 0.05) is 0 Å². The minimum atomic E-state index is -1.12. The quantitative estimate of drug-likeness (QED) is 0.458. The van der Waals surface area contributed by atoms with Crippen LogP contribution in [0.4, 0.5) is 0 Å². The van der Waals surface area contributed by atoms with Crippen molar-refractivity contribution in [2.24, 2.45) is 0 Å². The van der Waals surface area contributed by atoms with Gasteiger partial charge in [-0.25, -0.2) is 4.79 Å². The summed E-state index contributed by atoms with van der Waals surface area (Å²) in [4.78, 5) is 9.66. The Morgan fingerprint density at radius 1 is 1.62 bits per heavy atom. The molecule has 0 aliphatic rings. The second-order valence-corrected chi connectivity index (χ2v) is 1.84. The summed E-state index contributed by atoms with van der Waals surface area (Å²) in [5, 5.41) is 7.91. The summed E-state index contributed by atoms with van der Waals surface area (Å²) < 4.78 is -0.188. The lowest BCUT2D eigenvalue weighted by Gasteiger charge is -1.70. The lowest BCUT2D eigenvalue weighted by atomic mass is 10.6. The smallest absolute Gasteiger partial charge is 0.336 e. The lowest BCUT2D eigenvalue weighted by Crippen LogP contribution is -1.83. The van der Waals surface area contributed by atoms with Crippen molar-refractivity contribution < 1.29 is 9.90 Å². The molecule has 0 heterocycles. The van der Waals surface area contributed by atoms with Gasteiger partial charge in [-0.2, -0.15) is 0 Å². The van der Waals surface area contributed by atoms with Crippen LogP contribution in [0.15, 0.2) is 16.3 Å². The monoisotopic (exact) mass is 152 g/mol. The Labute approximate surface area is 56.0 Å². The van der Waals surface area contributed by atoms with E-state index in [0.717, 1.165) is 6.08 Å². The summed E-state index contributed by atoms with van der Waals surface area (Å²) in [6, 6.07) is 0. The number of carboxylic acids is 1. The molecule has 0 aromatic carbocycles. The highest BCUT2D eigenvalue weighted by Gasteiger charge is 1.81. The van der Waals surface area contributed by atoms with E-state index in [1.54, 1.807) is 0 Å². The van der Waals surface area contributed by atoms with Crippen LogP contribution in [-0.4, -0.2) is 11.1 Å². The summed E-state index contributed by atoms with van der Waals surface area (Å²) in [5.74, 6) is -1.12. The Balaban J connectivity index is 4.03. The molecule has 0 unspecified atom stereocenters. The maximum atomic E-state index is 9.66. The van der Waals surface area contributed by atoms with Crippen LogP contribution in [-0.2, 0) is 4.79 Å². The van der Waals surface area contributed by atoms with Gasteiger partial charge in [-0.05, 0) is 0 Å². The summed E-state index contributed by atoms with van der Waals surface area (Å²) in [5.41, 5.74) is 2.07. The summed E-state index contributed by atoms with van der Waals surface area (Å²) >= 11 is 10.00. The van der Waals surface area contributed by atoms with Crippen molar-refractivity contribution in [2.75, 3.05) is 0 Å². The molecule has 0 aliphatic heterocycles. The van der Waals surface area contributed by atoms with E-state index in [-0.39, 0.29) is 4.49 Å². The molecule has 0 atom stereocenters. The Hall–Kier alpha value is -0.430. The molecule has 1 N–H and O–H groups in total. The van der Waals surface area contributed by atoms with Crippen LogP contribution in [0.3, 0.4) is 0 Å². The zero-order chi connectivity index (χ0) is 6.57. The van der Waals surface area contributed by atoms with Crippen molar-refractivity contribution in [1.82, 2.24) is 0 Å². The zero-order valence-electron chi connectivity index (χ0n) is 3.69. The van der Waals surface area contributed by atoms with E-state index >= 15 is 0 Å². The first-order chi connectivity index (χ1) is 3.63. The second-order valence-electron chi connectivity index (χ2n) is 0.887. The van der Waals surface area contributed by atoms with Crippen molar-refractivity contribution in [3.8, 4) is 0 Å². The summed E-state index contributed by atoms with van der Waals surface area (Å²) in [6.45, 7) is 0. The number of rotatable bonds is 1. The molecule has 0 amide bonds. The first kappa shape index (κ1) is 7.57. The van der Waals surface area contributed by atoms with Gasteiger partial charge in [0.1, 0.15) is 4.49 Å². The fraction of sp³-hybridized carbons (Fsp3) is 0. The highest BCUT2D eigenvalue weighted by atomic mass is 35.5. The molecular formula is C4H2Cl2O2. The first-order valence-corrected chi connectivity index (χ1v) is 2.39. The van der Waals surface area contributed by atoms with E-state index in [1.807, 2.05) is 0 Å². The SMILES string of the molecule is O=C(O)C=C=C(Cl)Cl. The molecule has 2 nitrogen and oxygen atoms in total. The third-order valence-corrected chi connectivity index (χ3v) is 0.523. The predicted octanol–water partition coefficient (Wildman–Crippen LogP) is 1.55. The summed E-state index contributed by atoms with van der Waals surface area (Å²) in [7, 11) is 0. The van der Waals surface area contributed by atoms with Crippen LogP contribution < -0.4 is 0 Å². The molecule has 0 bridgehead atoms. The van der Waals surface area contributed by atoms with Gasteiger partial charge in [-0.1, -0.05) is 28.9 Å². The van der Waals surface area contributed by atoms with Crippen LogP contribution in [0.2, 0.25) is 0 Å². The molecule has 0 fully saturated rings. The third-order valence-electron chi connectivity index (χ3n) is 0.305. The van der Waals surface area contributed by atoms with Gasteiger partial charge in [-0.15, -0.1) is 0 Å². The summed E-state index contributed by atoms with van der Waals surface area (Å²) in [6.07, 6.45) is 0.731. The van der Waals surface area contributed by atoms with Gasteiger partial charge in [0.05, 0.1) is 6.08 Å². The van der Waals surface area contributed by atoms with Crippen LogP contribution in [0.5, 0.6) is 0 Å². The van der Waals surface area contributed by atoms with Crippen molar-refractivity contribution in [3.63, 3.8) is 0 Å². The molecule has 0 aliphatic carbocycles. The predicted molar refractivity (Wildman–Crippen MR) is 30.9 cm³/mol. The molecule has 0 aromatic heterocycles. The molecule has 0 saturated heterocycles. The van der Waals surface area contributed by atoms with E-state index in [1.165, 1.54) is 0 Å². The van der Waals surface area contributed by atoms with Crippen molar-refractivity contribution in [3.05, 3.63) is 16.3 Å². The number of hydrogen-bond acceptors (Lipinski definition) is 1. The highest BCUT2D eigenvalue weighted by Crippen LogP contribution is 2.01. The average Bonchev–Trinajstić information content (AvgIpc) is 1.61. The zero-order valence-corrected chi connectivity index (χ0v) is 5.20. The molecule has 4 heteroatoms. The maximum absolute atomic E-state index is 9.66. The lowest BCUT2D eigenvalue weighted by molar-refractivity contribution is -0.131. The van der Waals surface area contributed by atoms with Crippen LogP contribution in [0.1, 0.15) is 0 Å². The topological polar surface area (TPSA) is 37.3 Å². The van der Waals surface area contributed by atoms with Gasteiger partial charge >= 0.3 is 5.97 Å². The van der Waals surface area contributed by atoms with Crippen LogP contribution in [0.25, 0.3) is 0 Å². The van der Waals surface area contributed by atoms with Crippen molar-refractivity contribution in [1.29, 1.82) is 0 Å². The molecular weight excluding hydrogens is 151 g/mol. The number of halogens is 2. The van der Waals surface area contributed by atoms with Gasteiger partial charge in [0.15, 0.2) is 0 Å². The minimum Gasteiger partial charge on any atom is -0.478 e. The Kier molecular flexibility index (Phi) is 3.37. The Bertz CT molecular complexity index is 151. The van der Waals surface area contributed by atoms with Crippen molar-refractivity contribution in [2.45, 2.75) is 0 Å². The number of carboxylic acid groups (broad SMARTS) is 1. The van der Waals surface area contributed by atoms with E-state index in [0.29, 0.717) is 0 Å². The first-order valence-electron chi connectivity index (χ1n) is 1.63. The van der Waals surface area contributed by atoms with Gasteiger partial charge in [0.2, 0.25) is 0 Å². The number of hydrogen-bond donors (Lipinski definition) is 1. The van der Waals surface area contributed by atoms with E-state index < -0.39 is 5.97 Å². The standard InChI is InChI=1S/C4H2Cl2O2/c5-3(6)1-2-4(7)8/h2H,(H,7,8).